The van der Waals surface area contributed by atoms with Crippen molar-refractivity contribution in [2.75, 3.05) is 33.8 Å². The molecular formula is C17H33IN4O2. The second-order valence-corrected chi connectivity index (χ2v) is 6.95. The Morgan fingerprint density at radius 2 is 2.04 bits per heavy atom. The van der Waals surface area contributed by atoms with Gasteiger partial charge in [0, 0.05) is 33.3 Å². The molecule has 1 spiro atoms. The lowest BCUT2D eigenvalue weighted by atomic mass is 9.89. The molecule has 1 saturated carbocycles. The minimum atomic E-state index is 0. The Labute approximate surface area is 163 Å². The number of amides is 1. The summed E-state index contributed by atoms with van der Waals surface area (Å²) < 4.78 is 6.09. The van der Waals surface area contributed by atoms with Gasteiger partial charge in [-0.05, 0) is 32.1 Å². The molecule has 1 aliphatic heterocycles. The second-order valence-electron chi connectivity index (χ2n) is 6.95. The molecule has 2 aliphatic rings. The molecule has 1 atom stereocenters. The first-order valence-corrected chi connectivity index (χ1v) is 8.93. The SMILES string of the molecule is CCCNC(=NCC(=O)N(C)C)NC1CCOC2(CCCC2)C1.I. The zero-order chi connectivity index (χ0) is 16.7. The van der Waals surface area contributed by atoms with Crippen molar-refractivity contribution in [2.24, 2.45) is 4.99 Å². The molecule has 2 fully saturated rings. The molecule has 1 amide bonds. The van der Waals surface area contributed by atoms with Crippen LogP contribution in [0.3, 0.4) is 0 Å². The van der Waals surface area contributed by atoms with Crippen LogP contribution in [0.2, 0.25) is 0 Å². The molecule has 24 heavy (non-hydrogen) atoms. The number of halogens is 1. The monoisotopic (exact) mass is 452 g/mol. The van der Waals surface area contributed by atoms with Crippen molar-refractivity contribution in [2.45, 2.75) is 63.5 Å². The van der Waals surface area contributed by atoms with E-state index in [0.717, 1.165) is 38.4 Å². The molecule has 0 bridgehead atoms. The standard InChI is InChI=1S/C17H32N4O2.HI/c1-4-10-18-16(19-13-15(22)21(2)3)20-14-7-11-23-17(12-14)8-5-6-9-17;/h14H,4-13H2,1-3H3,(H2,18,19,20);1H. The number of aliphatic imine (C=N–C) groups is 1. The van der Waals surface area contributed by atoms with Crippen LogP contribution >= 0.6 is 24.0 Å². The number of nitrogens with one attached hydrogen (secondary N) is 2. The van der Waals surface area contributed by atoms with Gasteiger partial charge in [0.2, 0.25) is 5.91 Å². The van der Waals surface area contributed by atoms with Crippen molar-refractivity contribution in [1.29, 1.82) is 0 Å². The molecule has 1 unspecified atom stereocenters. The molecule has 0 aromatic rings. The van der Waals surface area contributed by atoms with Gasteiger partial charge in [0.15, 0.2) is 5.96 Å². The molecular weight excluding hydrogens is 419 g/mol. The highest BCUT2D eigenvalue weighted by Gasteiger charge is 2.40. The van der Waals surface area contributed by atoms with Crippen LogP contribution in [0.5, 0.6) is 0 Å². The smallest absolute Gasteiger partial charge is 0.243 e. The topological polar surface area (TPSA) is 66.0 Å². The summed E-state index contributed by atoms with van der Waals surface area (Å²) in [5.41, 5.74) is 0.0885. The lowest BCUT2D eigenvalue weighted by Crippen LogP contribution is -2.51. The second kappa shape index (κ2) is 10.4. The third-order valence-electron chi connectivity index (χ3n) is 4.76. The summed E-state index contributed by atoms with van der Waals surface area (Å²) in [5, 5.41) is 6.84. The van der Waals surface area contributed by atoms with Crippen LogP contribution < -0.4 is 10.6 Å². The quantitative estimate of drug-likeness (QED) is 0.381. The Balaban J connectivity index is 0.00000288. The zero-order valence-electron chi connectivity index (χ0n) is 15.3. The first kappa shape index (κ1) is 21.5. The average molecular weight is 452 g/mol. The summed E-state index contributed by atoms with van der Waals surface area (Å²) >= 11 is 0. The Morgan fingerprint density at radius 1 is 1.33 bits per heavy atom. The van der Waals surface area contributed by atoms with Gasteiger partial charge in [0.25, 0.3) is 0 Å². The lowest BCUT2D eigenvalue weighted by molar-refractivity contribution is -0.127. The van der Waals surface area contributed by atoms with E-state index in [0.29, 0.717) is 6.04 Å². The van der Waals surface area contributed by atoms with Gasteiger partial charge in [-0.3, -0.25) is 4.79 Å². The number of hydrogen-bond donors (Lipinski definition) is 2. The van der Waals surface area contributed by atoms with E-state index in [4.69, 9.17) is 4.74 Å². The maximum Gasteiger partial charge on any atom is 0.243 e. The molecule has 0 radical (unpaired) electrons. The maximum absolute atomic E-state index is 11.8. The van der Waals surface area contributed by atoms with Crippen LogP contribution in [-0.2, 0) is 9.53 Å². The molecule has 1 saturated heterocycles. The fourth-order valence-electron chi connectivity index (χ4n) is 3.40. The number of likely N-dealkylation sites (N-methyl/N-ethyl adjacent to an activating group) is 1. The zero-order valence-corrected chi connectivity index (χ0v) is 17.6. The van der Waals surface area contributed by atoms with Gasteiger partial charge in [-0.1, -0.05) is 19.8 Å². The molecule has 1 aliphatic carbocycles. The minimum absolute atomic E-state index is 0. The summed E-state index contributed by atoms with van der Waals surface area (Å²) in [7, 11) is 3.51. The number of carbonyl (C=O) groups excluding carboxylic acids is 1. The van der Waals surface area contributed by atoms with Crippen LogP contribution in [-0.4, -0.2) is 62.2 Å². The molecule has 1 heterocycles. The van der Waals surface area contributed by atoms with Crippen molar-refractivity contribution in [3.05, 3.63) is 0 Å². The van der Waals surface area contributed by atoms with Crippen molar-refractivity contribution in [3.8, 4) is 0 Å². The summed E-state index contributed by atoms with van der Waals surface area (Å²) in [4.78, 5) is 17.8. The van der Waals surface area contributed by atoms with E-state index in [1.54, 1.807) is 19.0 Å². The van der Waals surface area contributed by atoms with Gasteiger partial charge in [0.05, 0.1) is 5.60 Å². The highest BCUT2D eigenvalue weighted by Crippen LogP contribution is 2.39. The molecule has 6 nitrogen and oxygen atoms in total. The maximum atomic E-state index is 11.8. The van der Waals surface area contributed by atoms with E-state index in [1.165, 1.54) is 25.7 Å². The highest BCUT2D eigenvalue weighted by molar-refractivity contribution is 14.0. The number of hydrogen-bond acceptors (Lipinski definition) is 3. The molecule has 2 N–H and O–H groups in total. The predicted molar refractivity (Wildman–Crippen MR) is 108 cm³/mol. The van der Waals surface area contributed by atoms with Crippen LogP contribution in [0.25, 0.3) is 0 Å². The number of guanidine groups is 1. The number of carbonyl (C=O) groups is 1. The van der Waals surface area contributed by atoms with Crippen LogP contribution in [0.4, 0.5) is 0 Å². The third-order valence-corrected chi connectivity index (χ3v) is 4.76. The van der Waals surface area contributed by atoms with E-state index in [1.807, 2.05) is 0 Å². The van der Waals surface area contributed by atoms with Crippen molar-refractivity contribution >= 4 is 35.8 Å². The van der Waals surface area contributed by atoms with Crippen molar-refractivity contribution < 1.29 is 9.53 Å². The van der Waals surface area contributed by atoms with E-state index >= 15 is 0 Å². The average Bonchev–Trinajstić information content (AvgIpc) is 2.97. The molecule has 0 aromatic heterocycles. The van der Waals surface area contributed by atoms with Crippen LogP contribution in [0.1, 0.15) is 51.9 Å². The summed E-state index contributed by atoms with van der Waals surface area (Å²) in [6.07, 6.45) is 7.98. The van der Waals surface area contributed by atoms with Gasteiger partial charge in [-0.25, -0.2) is 4.99 Å². The molecule has 0 aromatic carbocycles. The molecule has 2 rings (SSSR count). The van der Waals surface area contributed by atoms with Gasteiger partial charge in [0.1, 0.15) is 6.54 Å². The van der Waals surface area contributed by atoms with E-state index in [-0.39, 0.29) is 42.0 Å². The fourth-order valence-corrected chi connectivity index (χ4v) is 3.40. The van der Waals surface area contributed by atoms with Gasteiger partial charge >= 0.3 is 0 Å². The Kier molecular flexibility index (Phi) is 9.33. The normalized spacial score (nSPS) is 22.8. The van der Waals surface area contributed by atoms with Gasteiger partial charge < -0.3 is 20.3 Å². The summed E-state index contributed by atoms with van der Waals surface area (Å²) in [6, 6.07) is 0.374. The highest BCUT2D eigenvalue weighted by atomic mass is 127. The largest absolute Gasteiger partial charge is 0.375 e. The lowest BCUT2D eigenvalue weighted by Gasteiger charge is -2.39. The number of rotatable bonds is 5. The fraction of sp³-hybridized carbons (Fsp3) is 0.882. The summed E-state index contributed by atoms with van der Waals surface area (Å²) in [5.74, 6) is 0.768. The summed E-state index contributed by atoms with van der Waals surface area (Å²) in [6.45, 7) is 3.98. The van der Waals surface area contributed by atoms with Crippen LogP contribution in [0.15, 0.2) is 4.99 Å². The Hall–Kier alpha value is -0.570. The third kappa shape index (κ3) is 6.38. The Bertz CT molecular complexity index is 423. The van der Waals surface area contributed by atoms with Crippen molar-refractivity contribution in [1.82, 2.24) is 15.5 Å². The van der Waals surface area contributed by atoms with Gasteiger partial charge in [-0.2, -0.15) is 0 Å². The van der Waals surface area contributed by atoms with Crippen molar-refractivity contribution in [3.63, 3.8) is 0 Å². The molecule has 140 valence electrons. The van der Waals surface area contributed by atoms with E-state index in [2.05, 4.69) is 22.5 Å². The predicted octanol–water partition coefficient (Wildman–Crippen LogP) is 2.13. The Morgan fingerprint density at radius 3 is 2.67 bits per heavy atom. The number of nitrogens with zero attached hydrogens (tertiary/aromatic N) is 2. The van der Waals surface area contributed by atoms with E-state index < -0.39 is 0 Å². The first-order valence-electron chi connectivity index (χ1n) is 8.93. The molecule has 7 heteroatoms. The van der Waals surface area contributed by atoms with Gasteiger partial charge in [-0.15, -0.1) is 24.0 Å². The minimum Gasteiger partial charge on any atom is -0.375 e. The van der Waals surface area contributed by atoms with Crippen LogP contribution in [0, 0.1) is 0 Å². The van der Waals surface area contributed by atoms with E-state index in [9.17, 15) is 4.79 Å². The number of ether oxygens (including phenoxy) is 1. The first-order chi connectivity index (χ1) is 11.0.